The van der Waals surface area contributed by atoms with Crippen LogP contribution in [0, 0.1) is 17.8 Å². The van der Waals surface area contributed by atoms with Crippen LogP contribution in [-0.2, 0) is 65.4 Å². The molecule has 19 heteroatoms. The molecule has 0 aliphatic carbocycles. The van der Waals surface area contributed by atoms with Gasteiger partial charge in [0.25, 0.3) is 0 Å². The minimum Gasteiger partial charge on any atom is -0.462 e. The van der Waals surface area contributed by atoms with Gasteiger partial charge in [-0.1, -0.05) is 357 Å². The quantitative estimate of drug-likeness (QED) is 0.0222. The number of esters is 4. The number of hydrogen-bond donors (Lipinski definition) is 3. The predicted molar refractivity (Wildman–Crippen MR) is 400 cm³/mol. The Morgan fingerprint density at radius 1 is 0.276 bits per heavy atom. The van der Waals surface area contributed by atoms with E-state index in [4.69, 9.17) is 37.0 Å². The molecule has 0 aliphatic heterocycles. The van der Waals surface area contributed by atoms with Crippen LogP contribution in [-0.4, -0.2) is 96.7 Å². The first-order valence-electron chi connectivity index (χ1n) is 40.8. The lowest BCUT2D eigenvalue weighted by Gasteiger charge is -2.21. The molecule has 0 aromatic carbocycles. The molecule has 98 heavy (non-hydrogen) atoms. The van der Waals surface area contributed by atoms with Crippen LogP contribution in [0.3, 0.4) is 0 Å². The zero-order valence-electron chi connectivity index (χ0n) is 64.3. The van der Waals surface area contributed by atoms with Crippen LogP contribution in [0.25, 0.3) is 0 Å². The Bertz CT molecular complexity index is 1900. The van der Waals surface area contributed by atoms with Gasteiger partial charge in [0.1, 0.15) is 19.3 Å². The SMILES string of the molecule is CCCCCCCC(=O)OC[C@H](COP(=O)(O)OC[C@H](O)COP(=O)(O)OC[C@@H](COC(=O)CCCCCCCCCCCCCCCCCC(C)C)OC(=O)CCCCCCCCCCCCCCCCCCCCC(C)C)OC(=O)CCCCCCCCCCCCCC(C)C. The Morgan fingerprint density at radius 3 is 0.694 bits per heavy atom. The van der Waals surface area contributed by atoms with Crippen molar-refractivity contribution in [1.82, 2.24) is 0 Å². The molecule has 3 N–H and O–H groups in total. The molecule has 0 aromatic rings. The average Bonchev–Trinajstić information content (AvgIpc) is 1.02. The minimum atomic E-state index is -4.96. The van der Waals surface area contributed by atoms with Gasteiger partial charge in [0, 0.05) is 25.7 Å². The topological polar surface area (TPSA) is 237 Å². The van der Waals surface area contributed by atoms with Crippen molar-refractivity contribution < 1.29 is 80.2 Å². The molecule has 0 saturated carbocycles. The standard InChI is InChI=1S/C79H154O17P2/c1-8-9-10-43-53-60-76(81)89-66-74(95-78(83)63-56-49-42-36-30-24-27-33-39-46-52-59-72(6)7)68-93-97(85,86)91-64-73(80)65-92-98(87,88)94-69-75(67-90-77(82)61-54-47-40-34-28-22-19-15-17-21-26-32-38-45-51-58-71(4)5)96-79(84)62-55-48-41-35-29-23-18-14-12-11-13-16-20-25-31-37-44-50-57-70(2)3/h70-75,80H,8-69H2,1-7H3,(H,85,86)(H,87,88)/t73-,74+,75+/m0/s1. The Balaban J connectivity index is 5.13. The fourth-order valence-corrected chi connectivity index (χ4v) is 13.7. The van der Waals surface area contributed by atoms with Crippen molar-refractivity contribution in [2.24, 2.45) is 17.8 Å². The second-order valence-electron chi connectivity index (χ2n) is 29.9. The van der Waals surface area contributed by atoms with E-state index in [0.717, 1.165) is 114 Å². The summed E-state index contributed by atoms with van der Waals surface area (Å²) in [6.45, 7) is 11.9. The van der Waals surface area contributed by atoms with Crippen molar-refractivity contribution in [2.45, 2.75) is 426 Å². The predicted octanol–water partition coefficient (Wildman–Crippen LogP) is 23.4. The average molecular weight is 1440 g/mol. The summed E-state index contributed by atoms with van der Waals surface area (Å²) in [5.74, 6) is 0.267. The van der Waals surface area contributed by atoms with E-state index in [-0.39, 0.29) is 25.7 Å². The number of aliphatic hydroxyl groups is 1. The molecule has 17 nitrogen and oxygen atoms in total. The maximum absolute atomic E-state index is 13.1. The number of ether oxygens (including phenoxy) is 4. The Morgan fingerprint density at radius 2 is 0.469 bits per heavy atom. The Kier molecular flexibility index (Phi) is 68.1. The molecule has 0 radical (unpaired) electrons. The maximum Gasteiger partial charge on any atom is 0.472 e. The zero-order valence-corrected chi connectivity index (χ0v) is 66.0. The number of rotatable bonds is 77. The first kappa shape index (κ1) is 96.1. The lowest BCUT2D eigenvalue weighted by atomic mass is 10.0. The van der Waals surface area contributed by atoms with Crippen LogP contribution >= 0.6 is 15.6 Å². The number of aliphatic hydroxyl groups excluding tert-OH is 1. The van der Waals surface area contributed by atoms with Gasteiger partial charge in [-0.3, -0.25) is 37.3 Å². The highest BCUT2D eigenvalue weighted by molar-refractivity contribution is 7.47. The lowest BCUT2D eigenvalue weighted by Crippen LogP contribution is -2.30. The van der Waals surface area contributed by atoms with Crippen molar-refractivity contribution in [2.75, 3.05) is 39.6 Å². The third-order valence-corrected chi connectivity index (χ3v) is 20.3. The molecular weight excluding hydrogens is 1280 g/mol. The van der Waals surface area contributed by atoms with Gasteiger partial charge in [-0.25, -0.2) is 9.13 Å². The normalized spacial score (nSPS) is 14.0. The molecule has 582 valence electrons. The van der Waals surface area contributed by atoms with Gasteiger partial charge in [0.15, 0.2) is 12.2 Å². The van der Waals surface area contributed by atoms with Crippen LogP contribution < -0.4 is 0 Å². The number of hydrogen-bond acceptors (Lipinski definition) is 15. The molecule has 5 atom stereocenters. The van der Waals surface area contributed by atoms with Gasteiger partial charge in [-0.2, -0.15) is 0 Å². The van der Waals surface area contributed by atoms with E-state index in [1.165, 1.54) is 212 Å². The van der Waals surface area contributed by atoms with Gasteiger partial charge in [0.05, 0.1) is 26.4 Å². The summed E-state index contributed by atoms with van der Waals surface area (Å²) in [6, 6.07) is 0. The van der Waals surface area contributed by atoms with Crippen molar-refractivity contribution in [3.05, 3.63) is 0 Å². The molecule has 0 fully saturated rings. The monoisotopic (exact) mass is 1440 g/mol. The number of phosphoric acid groups is 2. The molecule has 0 spiro atoms. The first-order valence-corrected chi connectivity index (χ1v) is 43.8. The van der Waals surface area contributed by atoms with Crippen LogP contribution in [0.5, 0.6) is 0 Å². The van der Waals surface area contributed by atoms with Gasteiger partial charge in [-0.15, -0.1) is 0 Å². The summed E-state index contributed by atoms with van der Waals surface area (Å²) in [5.41, 5.74) is 0. The summed E-state index contributed by atoms with van der Waals surface area (Å²) in [6.07, 6.45) is 57.4. The summed E-state index contributed by atoms with van der Waals surface area (Å²) in [7, 11) is -9.91. The van der Waals surface area contributed by atoms with Crippen LogP contribution in [0.15, 0.2) is 0 Å². The van der Waals surface area contributed by atoms with Crippen LogP contribution in [0.1, 0.15) is 408 Å². The smallest absolute Gasteiger partial charge is 0.462 e. The van der Waals surface area contributed by atoms with E-state index in [9.17, 15) is 43.2 Å². The minimum absolute atomic E-state index is 0.105. The summed E-state index contributed by atoms with van der Waals surface area (Å²) < 4.78 is 68.4. The fourth-order valence-electron chi connectivity index (χ4n) is 12.1. The molecule has 0 rings (SSSR count). The molecule has 0 saturated heterocycles. The summed E-state index contributed by atoms with van der Waals surface area (Å²) in [5, 5.41) is 10.6. The summed E-state index contributed by atoms with van der Waals surface area (Å²) >= 11 is 0. The maximum atomic E-state index is 13.1. The highest BCUT2D eigenvalue weighted by Crippen LogP contribution is 2.45. The second-order valence-corrected chi connectivity index (χ2v) is 32.8. The Labute approximate surface area is 600 Å². The van der Waals surface area contributed by atoms with Gasteiger partial charge >= 0.3 is 39.5 Å². The van der Waals surface area contributed by atoms with Gasteiger partial charge in [-0.05, 0) is 43.4 Å². The second kappa shape index (κ2) is 69.4. The van der Waals surface area contributed by atoms with Gasteiger partial charge < -0.3 is 33.8 Å². The molecule has 0 heterocycles. The van der Waals surface area contributed by atoms with E-state index < -0.39 is 97.5 Å². The zero-order chi connectivity index (χ0) is 72.3. The van der Waals surface area contributed by atoms with Gasteiger partial charge in [0.2, 0.25) is 0 Å². The molecule has 2 unspecified atom stereocenters. The van der Waals surface area contributed by atoms with Crippen molar-refractivity contribution >= 4 is 39.5 Å². The number of carbonyl (C=O) groups is 4. The van der Waals surface area contributed by atoms with E-state index in [2.05, 4.69) is 48.5 Å². The van der Waals surface area contributed by atoms with E-state index in [1.807, 2.05) is 0 Å². The molecule has 0 aliphatic rings. The van der Waals surface area contributed by atoms with Crippen molar-refractivity contribution in [3.63, 3.8) is 0 Å². The number of unbranched alkanes of at least 4 members (excludes halogenated alkanes) is 45. The highest BCUT2D eigenvalue weighted by atomic mass is 31.2. The lowest BCUT2D eigenvalue weighted by molar-refractivity contribution is -0.161. The number of phosphoric ester groups is 2. The molecule has 0 bridgehead atoms. The third kappa shape index (κ3) is 72.4. The highest BCUT2D eigenvalue weighted by Gasteiger charge is 2.30. The molecule has 0 aromatic heterocycles. The van der Waals surface area contributed by atoms with Crippen LogP contribution in [0.2, 0.25) is 0 Å². The van der Waals surface area contributed by atoms with Crippen LogP contribution in [0.4, 0.5) is 0 Å². The van der Waals surface area contributed by atoms with Crippen molar-refractivity contribution in [3.8, 4) is 0 Å². The Hall–Kier alpha value is -1.94. The van der Waals surface area contributed by atoms with Crippen molar-refractivity contribution in [1.29, 1.82) is 0 Å². The first-order chi connectivity index (χ1) is 47.2. The number of carbonyl (C=O) groups excluding carboxylic acids is 4. The van der Waals surface area contributed by atoms with E-state index in [1.54, 1.807) is 0 Å². The van der Waals surface area contributed by atoms with E-state index >= 15 is 0 Å². The van der Waals surface area contributed by atoms with E-state index in [0.29, 0.717) is 25.7 Å². The molecular formula is C79H154O17P2. The largest absolute Gasteiger partial charge is 0.472 e. The molecule has 0 amide bonds. The summed E-state index contributed by atoms with van der Waals surface area (Å²) in [4.78, 5) is 72.6. The fraction of sp³-hybridized carbons (Fsp3) is 0.949. The third-order valence-electron chi connectivity index (χ3n) is 18.4.